The zero-order valence-electron chi connectivity index (χ0n) is 15.6. The van der Waals surface area contributed by atoms with Gasteiger partial charge in [0.05, 0.1) is 16.6 Å². The van der Waals surface area contributed by atoms with Gasteiger partial charge in [-0.2, -0.15) is 0 Å². The Labute approximate surface area is 156 Å². The predicted molar refractivity (Wildman–Crippen MR) is 98.8 cm³/mol. The van der Waals surface area contributed by atoms with E-state index in [9.17, 15) is 18.7 Å². The smallest absolute Gasteiger partial charge is 0.248 e. The Kier molecular flexibility index (Phi) is 4.25. The van der Waals surface area contributed by atoms with Crippen LogP contribution in [0.25, 0.3) is 11.0 Å². The van der Waals surface area contributed by atoms with E-state index in [1.54, 1.807) is 13.8 Å². The van der Waals surface area contributed by atoms with Gasteiger partial charge in [0, 0.05) is 24.8 Å². The van der Waals surface area contributed by atoms with Crippen molar-refractivity contribution in [2.24, 2.45) is 5.92 Å². The fourth-order valence-electron chi connectivity index (χ4n) is 3.96. The quantitative estimate of drug-likeness (QED) is 0.832. The van der Waals surface area contributed by atoms with Gasteiger partial charge < -0.3 is 9.67 Å². The molecule has 1 unspecified atom stereocenters. The van der Waals surface area contributed by atoms with Crippen LogP contribution in [-0.2, 0) is 10.4 Å². The maximum absolute atomic E-state index is 13.5. The summed E-state index contributed by atoms with van der Waals surface area (Å²) in [6.07, 6.45) is 2.65. The number of hydrogen-bond acceptors (Lipinski definition) is 3. The summed E-state index contributed by atoms with van der Waals surface area (Å²) < 4.78 is 28.9. The molecule has 2 aromatic rings. The van der Waals surface area contributed by atoms with Crippen molar-refractivity contribution >= 4 is 22.9 Å². The lowest BCUT2D eigenvalue weighted by atomic mass is 9.92. The zero-order chi connectivity index (χ0) is 19.4. The summed E-state index contributed by atoms with van der Waals surface area (Å²) in [5.74, 6) is -3.40. The number of nitrogens with zero attached hydrogens (tertiary/aromatic N) is 2. The number of halogens is 2. The highest BCUT2D eigenvalue weighted by molar-refractivity contribution is 5.93. The van der Waals surface area contributed by atoms with E-state index < -0.39 is 23.9 Å². The van der Waals surface area contributed by atoms with Crippen molar-refractivity contribution < 1.29 is 18.7 Å². The molecular weight excluding hydrogens is 352 g/mol. The van der Waals surface area contributed by atoms with Crippen LogP contribution in [0.2, 0.25) is 0 Å². The molecule has 2 aliphatic carbocycles. The van der Waals surface area contributed by atoms with E-state index in [2.05, 4.69) is 10.3 Å². The Bertz CT molecular complexity index is 881. The molecule has 0 radical (unpaired) electrons. The first kappa shape index (κ1) is 18.3. The molecule has 2 aliphatic rings. The molecule has 1 atom stereocenters. The number of fused-ring (bicyclic) bond motifs is 1. The maximum Gasteiger partial charge on any atom is 0.248 e. The lowest BCUT2D eigenvalue weighted by Gasteiger charge is -2.29. The first-order valence-electron chi connectivity index (χ1n) is 9.58. The third-order valence-electron chi connectivity index (χ3n) is 5.85. The Balaban J connectivity index is 1.68. The van der Waals surface area contributed by atoms with Crippen molar-refractivity contribution in [3.63, 3.8) is 0 Å². The number of imidazole rings is 1. The summed E-state index contributed by atoms with van der Waals surface area (Å²) in [5.41, 5.74) is 1.36. The van der Waals surface area contributed by atoms with Gasteiger partial charge in [0.1, 0.15) is 0 Å². The van der Waals surface area contributed by atoms with Gasteiger partial charge >= 0.3 is 0 Å². The fourth-order valence-corrected chi connectivity index (χ4v) is 3.96. The van der Waals surface area contributed by atoms with E-state index in [4.69, 9.17) is 0 Å². The molecule has 0 bridgehead atoms. The number of alkyl halides is 2. The summed E-state index contributed by atoms with van der Waals surface area (Å²) >= 11 is 0. The van der Waals surface area contributed by atoms with Crippen molar-refractivity contribution in [1.29, 1.82) is 0 Å². The molecule has 1 heterocycles. The number of amides is 1. The summed E-state index contributed by atoms with van der Waals surface area (Å²) in [5, 5.41) is 13.1. The van der Waals surface area contributed by atoms with Gasteiger partial charge in [0.15, 0.2) is 0 Å². The van der Waals surface area contributed by atoms with Crippen LogP contribution in [0.1, 0.15) is 64.0 Å². The van der Waals surface area contributed by atoms with Gasteiger partial charge in [-0.05, 0) is 57.2 Å². The number of hydrogen-bond donors (Lipinski definition) is 2. The number of aliphatic hydroxyl groups is 1. The van der Waals surface area contributed by atoms with Gasteiger partial charge in [-0.3, -0.25) is 10.1 Å². The Hall–Kier alpha value is -2.02. The highest BCUT2D eigenvalue weighted by atomic mass is 19.3. The average molecular weight is 377 g/mol. The molecule has 1 amide bonds. The van der Waals surface area contributed by atoms with Crippen molar-refractivity contribution in [2.75, 3.05) is 5.32 Å². The second kappa shape index (κ2) is 6.26. The molecule has 27 heavy (non-hydrogen) atoms. The van der Waals surface area contributed by atoms with E-state index >= 15 is 0 Å². The topological polar surface area (TPSA) is 67.2 Å². The highest BCUT2D eigenvalue weighted by Gasteiger charge is 2.42. The predicted octanol–water partition coefficient (Wildman–Crippen LogP) is 4.36. The number of anilines is 1. The van der Waals surface area contributed by atoms with Crippen LogP contribution in [0, 0.1) is 5.92 Å². The molecule has 2 N–H and O–H groups in total. The fraction of sp³-hybridized carbons (Fsp3) is 0.600. The van der Waals surface area contributed by atoms with Crippen molar-refractivity contribution in [2.45, 2.75) is 69.9 Å². The Morgan fingerprint density at radius 3 is 2.63 bits per heavy atom. The Morgan fingerprint density at radius 2 is 2.07 bits per heavy atom. The average Bonchev–Trinajstić information content (AvgIpc) is 3.05. The molecule has 0 spiro atoms. The van der Waals surface area contributed by atoms with Crippen molar-refractivity contribution in [3.05, 3.63) is 23.8 Å². The van der Waals surface area contributed by atoms with E-state index in [0.717, 1.165) is 35.9 Å². The summed E-state index contributed by atoms with van der Waals surface area (Å²) in [6.45, 7) is 3.45. The van der Waals surface area contributed by atoms with E-state index in [0.29, 0.717) is 5.95 Å². The van der Waals surface area contributed by atoms with Crippen molar-refractivity contribution in [1.82, 2.24) is 9.55 Å². The summed E-state index contributed by atoms with van der Waals surface area (Å²) in [4.78, 5) is 17.1. The second-order valence-electron chi connectivity index (χ2n) is 8.44. The largest absolute Gasteiger partial charge is 0.386 e. The number of carbonyl (C=O) groups excluding carboxylic acids is 1. The Morgan fingerprint density at radius 1 is 1.33 bits per heavy atom. The number of aromatic nitrogens is 2. The van der Waals surface area contributed by atoms with Crippen LogP contribution in [-0.4, -0.2) is 26.5 Å². The van der Waals surface area contributed by atoms with Gasteiger partial charge in [-0.1, -0.05) is 6.07 Å². The summed E-state index contributed by atoms with van der Waals surface area (Å²) in [7, 11) is 0. The molecule has 2 saturated carbocycles. The number of rotatable bonds is 4. The highest BCUT2D eigenvalue weighted by Crippen LogP contribution is 2.41. The normalized spacial score (nSPS) is 22.8. The van der Waals surface area contributed by atoms with Gasteiger partial charge in [0.2, 0.25) is 17.8 Å². The number of nitrogens with one attached hydrogen (secondary N) is 1. The molecule has 1 aromatic heterocycles. The van der Waals surface area contributed by atoms with Crippen LogP contribution < -0.4 is 5.32 Å². The minimum absolute atomic E-state index is 0.200. The first-order valence-corrected chi connectivity index (χ1v) is 9.58. The van der Waals surface area contributed by atoms with Gasteiger partial charge in [0.25, 0.3) is 0 Å². The molecule has 2 fully saturated rings. The molecule has 7 heteroatoms. The monoisotopic (exact) mass is 377 g/mol. The number of benzene rings is 1. The number of carbonyl (C=O) groups is 1. The maximum atomic E-state index is 13.5. The second-order valence-corrected chi connectivity index (χ2v) is 8.44. The molecule has 5 nitrogen and oxygen atoms in total. The lowest BCUT2D eigenvalue weighted by molar-refractivity contribution is -0.120. The zero-order valence-corrected chi connectivity index (χ0v) is 15.6. The third-order valence-corrected chi connectivity index (χ3v) is 5.85. The molecular formula is C20H25F2N3O2. The lowest BCUT2D eigenvalue weighted by Crippen LogP contribution is -2.26. The molecule has 0 saturated heterocycles. The standard InChI is InChI=1S/C20H25F2N3O2/c1-19(2,27)13-6-7-15-16(10-13)25(14-4-3-5-14)18(23-15)24-17(26)12-8-9-20(21,22)11-12/h6-7,10,12,14,27H,3-5,8-9,11H2,1-2H3,(H,23,24,26). The van der Waals surface area contributed by atoms with E-state index in [-0.39, 0.29) is 24.8 Å². The minimum Gasteiger partial charge on any atom is -0.386 e. The third kappa shape index (κ3) is 3.45. The molecule has 146 valence electrons. The first-order chi connectivity index (χ1) is 12.6. The molecule has 4 rings (SSSR count). The van der Waals surface area contributed by atoms with E-state index in [1.807, 2.05) is 22.8 Å². The van der Waals surface area contributed by atoms with E-state index in [1.165, 1.54) is 0 Å². The van der Waals surface area contributed by atoms with Crippen LogP contribution >= 0.6 is 0 Å². The van der Waals surface area contributed by atoms with Crippen molar-refractivity contribution in [3.8, 4) is 0 Å². The van der Waals surface area contributed by atoms with Gasteiger partial charge in [-0.15, -0.1) is 0 Å². The molecule has 1 aromatic carbocycles. The molecule has 0 aliphatic heterocycles. The minimum atomic E-state index is -2.75. The van der Waals surface area contributed by atoms with Crippen LogP contribution in [0.5, 0.6) is 0 Å². The van der Waals surface area contributed by atoms with Gasteiger partial charge in [-0.25, -0.2) is 13.8 Å². The SMILES string of the molecule is CC(C)(O)c1ccc2nc(NC(=O)C3CCC(F)(F)C3)n(C3CCC3)c2c1. The summed E-state index contributed by atoms with van der Waals surface area (Å²) in [6, 6.07) is 5.79. The van der Waals surface area contributed by atoms with Crippen LogP contribution in [0.15, 0.2) is 18.2 Å². The van der Waals surface area contributed by atoms with Crippen LogP contribution in [0.4, 0.5) is 14.7 Å². The van der Waals surface area contributed by atoms with Crippen LogP contribution in [0.3, 0.4) is 0 Å².